The van der Waals surface area contributed by atoms with E-state index in [1.54, 1.807) is 18.2 Å². The van der Waals surface area contributed by atoms with E-state index in [0.717, 1.165) is 6.42 Å². The van der Waals surface area contributed by atoms with Crippen LogP contribution >= 0.6 is 0 Å². The fraction of sp³-hybridized carbons (Fsp3) is 0.500. The lowest BCUT2D eigenvalue weighted by molar-refractivity contribution is -0.118. The number of para-hydroxylation sites is 1. The highest BCUT2D eigenvalue weighted by Gasteiger charge is 2.16. The molecular weight excluding hydrogens is 217 g/mol. The number of amides is 1. The van der Waals surface area contributed by atoms with E-state index in [1.807, 2.05) is 6.92 Å². The standard InChI is InChI=1S/C14H20FNO/c1-4-16(14(17)10-9-11(2)3)13-8-6-5-7-12(13)15/h5-8,11H,4,9-10H2,1-3H3. The lowest BCUT2D eigenvalue weighted by atomic mass is 10.1. The van der Waals surface area contributed by atoms with Crippen LogP contribution in [0.5, 0.6) is 0 Å². The van der Waals surface area contributed by atoms with Gasteiger partial charge in [-0.2, -0.15) is 0 Å². The Morgan fingerprint density at radius 3 is 2.53 bits per heavy atom. The van der Waals surface area contributed by atoms with E-state index in [4.69, 9.17) is 0 Å². The van der Waals surface area contributed by atoms with Crippen molar-refractivity contribution < 1.29 is 9.18 Å². The second kappa shape index (κ2) is 6.38. The van der Waals surface area contributed by atoms with Gasteiger partial charge in [0, 0.05) is 13.0 Å². The molecule has 2 nitrogen and oxygen atoms in total. The molecule has 0 saturated carbocycles. The van der Waals surface area contributed by atoms with Crippen molar-refractivity contribution in [2.24, 2.45) is 5.92 Å². The molecule has 0 aliphatic carbocycles. The Kier molecular flexibility index (Phi) is 5.13. The smallest absolute Gasteiger partial charge is 0.227 e. The Hall–Kier alpha value is -1.38. The maximum absolute atomic E-state index is 13.6. The SMILES string of the molecule is CCN(C(=O)CCC(C)C)c1ccccc1F. The van der Waals surface area contributed by atoms with Gasteiger partial charge in [-0.05, 0) is 31.4 Å². The van der Waals surface area contributed by atoms with E-state index in [0.29, 0.717) is 24.6 Å². The quantitative estimate of drug-likeness (QED) is 0.766. The molecule has 17 heavy (non-hydrogen) atoms. The summed E-state index contributed by atoms with van der Waals surface area (Å²) >= 11 is 0. The molecule has 1 rings (SSSR count). The highest BCUT2D eigenvalue weighted by molar-refractivity contribution is 5.93. The number of hydrogen-bond donors (Lipinski definition) is 0. The summed E-state index contributed by atoms with van der Waals surface area (Å²) < 4.78 is 13.6. The molecule has 0 saturated heterocycles. The fourth-order valence-corrected chi connectivity index (χ4v) is 1.70. The van der Waals surface area contributed by atoms with Crippen LogP contribution in [0.25, 0.3) is 0 Å². The van der Waals surface area contributed by atoms with Gasteiger partial charge in [0.2, 0.25) is 5.91 Å². The number of anilines is 1. The maximum atomic E-state index is 13.6. The van der Waals surface area contributed by atoms with Crippen LogP contribution in [0.15, 0.2) is 24.3 Å². The Morgan fingerprint density at radius 2 is 2.00 bits per heavy atom. The highest BCUT2D eigenvalue weighted by Crippen LogP contribution is 2.20. The van der Waals surface area contributed by atoms with Crippen molar-refractivity contribution in [1.82, 2.24) is 0 Å². The van der Waals surface area contributed by atoms with Gasteiger partial charge in [-0.25, -0.2) is 4.39 Å². The fourth-order valence-electron chi connectivity index (χ4n) is 1.70. The molecule has 3 heteroatoms. The molecule has 0 N–H and O–H groups in total. The first-order valence-corrected chi connectivity index (χ1v) is 6.11. The summed E-state index contributed by atoms with van der Waals surface area (Å²) in [6.45, 7) is 6.51. The van der Waals surface area contributed by atoms with Crippen LogP contribution in [0.3, 0.4) is 0 Å². The highest BCUT2D eigenvalue weighted by atomic mass is 19.1. The average molecular weight is 237 g/mol. The van der Waals surface area contributed by atoms with Crippen molar-refractivity contribution in [2.45, 2.75) is 33.6 Å². The van der Waals surface area contributed by atoms with Gasteiger partial charge in [0.1, 0.15) is 5.82 Å². The minimum Gasteiger partial charge on any atom is -0.310 e. The normalized spacial score (nSPS) is 10.6. The summed E-state index contributed by atoms with van der Waals surface area (Å²) in [5.74, 6) is 0.136. The number of carbonyl (C=O) groups excluding carboxylic acids is 1. The molecule has 0 atom stereocenters. The Labute approximate surface area is 102 Å². The number of rotatable bonds is 5. The summed E-state index contributed by atoms with van der Waals surface area (Å²) in [5, 5.41) is 0. The van der Waals surface area contributed by atoms with Crippen molar-refractivity contribution >= 4 is 11.6 Å². The summed E-state index contributed by atoms with van der Waals surface area (Å²) in [6, 6.07) is 6.40. The second-order valence-corrected chi connectivity index (χ2v) is 4.52. The molecule has 94 valence electrons. The first-order chi connectivity index (χ1) is 8.06. The van der Waals surface area contributed by atoms with Crippen molar-refractivity contribution in [1.29, 1.82) is 0 Å². The van der Waals surface area contributed by atoms with Crippen LogP contribution in [0.2, 0.25) is 0 Å². The second-order valence-electron chi connectivity index (χ2n) is 4.52. The summed E-state index contributed by atoms with van der Waals surface area (Å²) in [5.41, 5.74) is 0.378. The Bertz CT molecular complexity index is 376. The largest absolute Gasteiger partial charge is 0.310 e. The minimum absolute atomic E-state index is 0.00806. The van der Waals surface area contributed by atoms with Gasteiger partial charge in [0.05, 0.1) is 5.69 Å². The van der Waals surface area contributed by atoms with Crippen molar-refractivity contribution in [2.75, 3.05) is 11.4 Å². The molecule has 1 aromatic carbocycles. The lowest BCUT2D eigenvalue weighted by Gasteiger charge is -2.22. The third-order valence-electron chi connectivity index (χ3n) is 2.70. The molecule has 1 amide bonds. The predicted octanol–water partition coefficient (Wildman–Crippen LogP) is 3.61. The van der Waals surface area contributed by atoms with Gasteiger partial charge in [-0.1, -0.05) is 26.0 Å². The Balaban J connectivity index is 2.78. The monoisotopic (exact) mass is 237 g/mol. The number of nitrogens with zero attached hydrogens (tertiary/aromatic N) is 1. The first kappa shape index (κ1) is 13.7. The van der Waals surface area contributed by atoms with Gasteiger partial charge < -0.3 is 4.90 Å². The topological polar surface area (TPSA) is 20.3 Å². The molecule has 1 aromatic rings. The predicted molar refractivity (Wildman–Crippen MR) is 68.5 cm³/mol. The zero-order chi connectivity index (χ0) is 12.8. The lowest BCUT2D eigenvalue weighted by Crippen LogP contribution is -2.31. The van der Waals surface area contributed by atoms with Gasteiger partial charge in [0.15, 0.2) is 0 Å². The van der Waals surface area contributed by atoms with E-state index in [2.05, 4.69) is 13.8 Å². The summed E-state index contributed by atoms with van der Waals surface area (Å²) in [7, 11) is 0. The average Bonchev–Trinajstić information content (AvgIpc) is 2.30. The number of benzene rings is 1. The number of hydrogen-bond acceptors (Lipinski definition) is 1. The van der Waals surface area contributed by atoms with Crippen LogP contribution in [0.1, 0.15) is 33.6 Å². The molecular formula is C14H20FNO. The minimum atomic E-state index is -0.341. The molecule has 0 spiro atoms. The number of halogens is 1. The molecule has 0 aromatic heterocycles. The molecule has 0 aliphatic heterocycles. The molecule has 0 unspecified atom stereocenters. The van der Waals surface area contributed by atoms with Crippen LogP contribution in [-0.2, 0) is 4.79 Å². The van der Waals surface area contributed by atoms with E-state index in [9.17, 15) is 9.18 Å². The van der Waals surface area contributed by atoms with Crippen molar-refractivity contribution in [3.63, 3.8) is 0 Å². The van der Waals surface area contributed by atoms with Crippen molar-refractivity contribution in [3.8, 4) is 0 Å². The summed E-state index contributed by atoms with van der Waals surface area (Å²) in [4.78, 5) is 13.5. The Morgan fingerprint density at radius 1 is 1.35 bits per heavy atom. The zero-order valence-corrected chi connectivity index (χ0v) is 10.7. The van der Waals surface area contributed by atoms with Gasteiger partial charge in [-0.3, -0.25) is 4.79 Å². The molecule has 0 fully saturated rings. The molecule has 0 radical (unpaired) electrons. The molecule has 0 aliphatic rings. The van der Waals surface area contributed by atoms with E-state index < -0.39 is 0 Å². The first-order valence-electron chi connectivity index (χ1n) is 6.11. The van der Waals surface area contributed by atoms with Crippen LogP contribution < -0.4 is 4.90 Å². The van der Waals surface area contributed by atoms with E-state index >= 15 is 0 Å². The number of carbonyl (C=O) groups is 1. The third kappa shape index (κ3) is 3.84. The van der Waals surface area contributed by atoms with E-state index in [-0.39, 0.29) is 11.7 Å². The van der Waals surface area contributed by atoms with Crippen LogP contribution in [0.4, 0.5) is 10.1 Å². The third-order valence-corrected chi connectivity index (χ3v) is 2.70. The summed E-state index contributed by atoms with van der Waals surface area (Å²) in [6.07, 6.45) is 1.31. The van der Waals surface area contributed by atoms with Gasteiger partial charge in [-0.15, -0.1) is 0 Å². The van der Waals surface area contributed by atoms with Crippen LogP contribution in [0, 0.1) is 11.7 Å². The zero-order valence-electron chi connectivity index (χ0n) is 10.7. The van der Waals surface area contributed by atoms with E-state index in [1.165, 1.54) is 11.0 Å². The molecule has 0 heterocycles. The van der Waals surface area contributed by atoms with Gasteiger partial charge >= 0.3 is 0 Å². The van der Waals surface area contributed by atoms with Crippen molar-refractivity contribution in [3.05, 3.63) is 30.1 Å². The molecule has 0 bridgehead atoms. The van der Waals surface area contributed by atoms with Gasteiger partial charge in [0.25, 0.3) is 0 Å². The van der Waals surface area contributed by atoms with Crippen LogP contribution in [-0.4, -0.2) is 12.5 Å². The maximum Gasteiger partial charge on any atom is 0.227 e.